The number of anilines is 1. The highest BCUT2D eigenvalue weighted by Gasteiger charge is 2.09. The van der Waals surface area contributed by atoms with E-state index in [0.717, 1.165) is 22.8 Å². The number of nitrogens with zero attached hydrogens (tertiary/aromatic N) is 2. The maximum absolute atomic E-state index is 5.38. The maximum atomic E-state index is 5.38. The van der Waals surface area contributed by atoms with E-state index in [9.17, 15) is 0 Å². The summed E-state index contributed by atoms with van der Waals surface area (Å²) in [5.41, 5.74) is 4.43. The molecule has 0 aliphatic heterocycles. The summed E-state index contributed by atoms with van der Waals surface area (Å²) in [5, 5.41) is 7.72. The largest absolute Gasteiger partial charge is 0.467 e. The van der Waals surface area contributed by atoms with Crippen molar-refractivity contribution in [1.82, 2.24) is 9.78 Å². The van der Waals surface area contributed by atoms with E-state index in [-0.39, 0.29) is 0 Å². The smallest absolute Gasteiger partial charge is 0.125 e. The molecular weight excluding hydrogens is 202 g/mol. The first-order valence-electron chi connectivity index (χ1n) is 5.36. The topological polar surface area (TPSA) is 43.0 Å². The summed E-state index contributed by atoms with van der Waals surface area (Å²) in [6.45, 7) is 6.80. The Hall–Kier alpha value is -1.71. The zero-order chi connectivity index (χ0) is 11.7. The third-order valence-electron chi connectivity index (χ3n) is 2.90. The van der Waals surface area contributed by atoms with Crippen molar-refractivity contribution in [1.29, 1.82) is 0 Å². The predicted octanol–water partition coefficient (Wildman–Crippen LogP) is 2.55. The van der Waals surface area contributed by atoms with Crippen LogP contribution in [-0.4, -0.2) is 9.78 Å². The van der Waals surface area contributed by atoms with Crippen molar-refractivity contribution >= 4 is 5.69 Å². The molecule has 1 N–H and O–H groups in total. The maximum Gasteiger partial charge on any atom is 0.125 e. The van der Waals surface area contributed by atoms with Crippen LogP contribution < -0.4 is 5.32 Å². The number of nitrogens with one attached hydrogen (secondary N) is 1. The summed E-state index contributed by atoms with van der Waals surface area (Å²) in [6, 6.07) is 1.97. The first kappa shape index (κ1) is 10.8. The lowest BCUT2D eigenvalue weighted by Crippen LogP contribution is -2.01. The number of aryl methyl sites for hydroxylation is 3. The van der Waals surface area contributed by atoms with Crippen molar-refractivity contribution in [2.24, 2.45) is 7.05 Å². The Balaban J connectivity index is 2.13. The number of aromatic nitrogens is 2. The third-order valence-corrected chi connectivity index (χ3v) is 2.90. The summed E-state index contributed by atoms with van der Waals surface area (Å²) >= 11 is 0. The van der Waals surface area contributed by atoms with Crippen LogP contribution in [-0.2, 0) is 13.6 Å². The van der Waals surface area contributed by atoms with Gasteiger partial charge in [0.2, 0.25) is 0 Å². The first-order chi connectivity index (χ1) is 7.59. The van der Waals surface area contributed by atoms with Crippen molar-refractivity contribution in [3.63, 3.8) is 0 Å². The van der Waals surface area contributed by atoms with E-state index in [1.807, 2.05) is 31.6 Å². The van der Waals surface area contributed by atoms with Crippen LogP contribution in [0, 0.1) is 20.8 Å². The highest BCUT2D eigenvalue weighted by atomic mass is 16.3. The van der Waals surface area contributed by atoms with E-state index >= 15 is 0 Å². The van der Waals surface area contributed by atoms with Gasteiger partial charge in [0.1, 0.15) is 5.76 Å². The molecular formula is C12H17N3O. The lowest BCUT2D eigenvalue weighted by molar-refractivity contribution is 0.515. The molecule has 0 aromatic carbocycles. The minimum Gasteiger partial charge on any atom is -0.467 e. The standard InChI is InChI=1S/C12H17N3O/c1-8-5-6-16-11(8)7-13-12-9(2)14-15(4)10(12)3/h5-6,13H,7H2,1-4H3. The van der Waals surface area contributed by atoms with Crippen LogP contribution in [0.3, 0.4) is 0 Å². The summed E-state index contributed by atoms with van der Waals surface area (Å²) in [4.78, 5) is 0. The number of hydrogen-bond acceptors (Lipinski definition) is 3. The van der Waals surface area contributed by atoms with Crippen molar-refractivity contribution in [3.05, 3.63) is 35.0 Å². The van der Waals surface area contributed by atoms with E-state index in [4.69, 9.17) is 4.42 Å². The Labute approximate surface area is 95.3 Å². The average Bonchev–Trinajstić information content (AvgIpc) is 2.72. The van der Waals surface area contributed by atoms with Gasteiger partial charge in [0.05, 0.1) is 29.9 Å². The van der Waals surface area contributed by atoms with E-state index in [0.29, 0.717) is 6.54 Å². The Morgan fingerprint density at radius 1 is 1.38 bits per heavy atom. The molecule has 2 aromatic rings. The normalized spacial score (nSPS) is 10.8. The fraction of sp³-hybridized carbons (Fsp3) is 0.417. The van der Waals surface area contributed by atoms with Gasteiger partial charge >= 0.3 is 0 Å². The van der Waals surface area contributed by atoms with Gasteiger partial charge < -0.3 is 9.73 Å². The number of furan rings is 1. The van der Waals surface area contributed by atoms with Gasteiger partial charge in [-0.25, -0.2) is 0 Å². The summed E-state index contributed by atoms with van der Waals surface area (Å²) in [7, 11) is 1.95. The molecule has 86 valence electrons. The quantitative estimate of drug-likeness (QED) is 0.862. The molecule has 2 aromatic heterocycles. The van der Waals surface area contributed by atoms with Crippen molar-refractivity contribution < 1.29 is 4.42 Å². The molecule has 0 saturated carbocycles. The summed E-state index contributed by atoms with van der Waals surface area (Å²) in [5.74, 6) is 0.975. The number of rotatable bonds is 3. The molecule has 0 unspecified atom stereocenters. The van der Waals surface area contributed by atoms with Gasteiger partial charge in [0.25, 0.3) is 0 Å². The molecule has 4 heteroatoms. The van der Waals surface area contributed by atoms with Crippen LogP contribution in [0.15, 0.2) is 16.7 Å². The fourth-order valence-electron chi connectivity index (χ4n) is 1.78. The summed E-state index contributed by atoms with van der Waals surface area (Å²) < 4.78 is 7.26. The molecule has 0 aliphatic rings. The third kappa shape index (κ3) is 1.83. The Morgan fingerprint density at radius 2 is 2.12 bits per heavy atom. The average molecular weight is 219 g/mol. The minimum atomic E-state index is 0.701. The highest BCUT2D eigenvalue weighted by molar-refractivity contribution is 5.52. The summed E-state index contributed by atoms with van der Waals surface area (Å²) in [6.07, 6.45) is 1.72. The highest BCUT2D eigenvalue weighted by Crippen LogP contribution is 2.20. The lowest BCUT2D eigenvalue weighted by atomic mass is 10.2. The molecule has 0 saturated heterocycles. The fourth-order valence-corrected chi connectivity index (χ4v) is 1.78. The predicted molar refractivity (Wildman–Crippen MR) is 63.5 cm³/mol. The van der Waals surface area contributed by atoms with Gasteiger partial charge in [-0.2, -0.15) is 5.10 Å². The van der Waals surface area contributed by atoms with E-state index in [1.54, 1.807) is 6.26 Å². The lowest BCUT2D eigenvalue weighted by Gasteiger charge is -2.05. The molecule has 2 rings (SSSR count). The van der Waals surface area contributed by atoms with Crippen LogP contribution in [0.4, 0.5) is 5.69 Å². The van der Waals surface area contributed by atoms with Crippen LogP contribution >= 0.6 is 0 Å². The zero-order valence-electron chi connectivity index (χ0n) is 10.2. The van der Waals surface area contributed by atoms with Gasteiger partial charge in [-0.3, -0.25) is 4.68 Å². The van der Waals surface area contributed by atoms with Gasteiger partial charge in [-0.15, -0.1) is 0 Å². The van der Waals surface area contributed by atoms with E-state index in [1.165, 1.54) is 5.56 Å². The van der Waals surface area contributed by atoms with Crippen LogP contribution in [0.5, 0.6) is 0 Å². The van der Waals surface area contributed by atoms with Gasteiger partial charge in [0.15, 0.2) is 0 Å². The van der Waals surface area contributed by atoms with Crippen molar-refractivity contribution in [2.75, 3.05) is 5.32 Å². The van der Waals surface area contributed by atoms with E-state index in [2.05, 4.69) is 17.3 Å². The van der Waals surface area contributed by atoms with Crippen LogP contribution in [0.25, 0.3) is 0 Å². The SMILES string of the molecule is Cc1ccoc1CNc1c(C)nn(C)c1C. The van der Waals surface area contributed by atoms with Crippen LogP contribution in [0.2, 0.25) is 0 Å². The Kier molecular flexibility index (Phi) is 2.73. The second-order valence-electron chi connectivity index (χ2n) is 4.05. The molecule has 0 radical (unpaired) electrons. The second kappa shape index (κ2) is 4.04. The Morgan fingerprint density at radius 3 is 2.62 bits per heavy atom. The van der Waals surface area contributed by atoms with Crippen molar-refractivity contribution in [3.8, 4) is 0 Å². The van der Waals surface area contributed by atoms with Gasteiger partial charge in [0, 0.05) is 7.05 Å². The van der Waals surface area contributed by atoms with Gasteiger partial charge in [-0.05, 0) is 32.4 Å². The molecule has 4 nitrogen and oxygen atoms in total. The monoisotopic (exact) mass is 219 g/mol. The minimum absolute atomic E-state index is 0.701. The van der Waals surface area contributed by atoms with E-state index < -0.39 is 0 Å². The number of hydrogen-bond donors (Lipinski definition) is 1. The molecule has 0 aliphatic carbocycles. The van der Waals surface area contributed by atoms with Crippen LogP contribution in [0.1, 0.15) is 22.7 Å². The molecule has 2 heterocycles. The molecule has 0 atom stereocenters. The molecule has 0 fully saturated rings. The van der Waals surface area contributed by atoms with Crippen molar-refractivity contribution in [2.45, 2.75) is 27.3 Å². The molecule has 16 heavy (non-hydrogen) atoms. The molecule has 0 amide bonds. The zero-order valence-corrected chi connectivity index (χ0v) is 10.2. The molecule has 0 bridgehead atoms. The van der Waals surface area contributed by atoms with Gasteiger partial charge in [-0.1, -0.05) is 0 Å². The second-order valence-corrected chi connectivity index (χ2v) is 4.05. The first-order valence-corrected chi connectivity index (χ1v) is 5.36. The molecule has 0 spiro atoms. The Bertz CT molecular complexity index is 496.